The van der Waals surface area contributed by atoms with Crippen LogP contribution in [0.25, 0.3) is 0 Å². The highest BCUT2D eigenvalue weighted by Gasteiger charge is 2.19. The smallest absolute Gasteiger partial charge is 0.306 e. The Morgan fingerprint density at radius 2 is 0.439 bits per heavy atom. The van der Waals surface area contributed by atoms with E-state index in [2.05, 4.69) is 69.4 Å². The van der Waals surface area contributed by atoms with E-state index in [1.807, 2.05) is 0 Å². The molecule has 0 spiro atoms. The number of unbranched alkanes of at least 4 members (excludes halogenated alkanes) is 49. The lowest BCUT2D eigenvalue weighted by atomic mass is 10.0. The zero-order valence-corrected chi connectivity index (χ0v) is 55.3. The minimum Gasteiger partial charge on any atom is -0.462 e. The molecule has 0 saturated carbocycles. The number of ether oxygens (including phenoxy) is 3. The fraction of sp³-hybridized carbons (Fsp3) is 0.855. The van der Waals surface area contributed by atoms with Crippen LogP contribution in [0.1, 0.15) is 400 Å². The number of hydrogen-bond acceptors (Lipinski definition) is 6. The molecule has 0 amide bonds. The Kier molecular flexibility index (Phi) is 68.6. The van der Waals surface area contributed by atoms with Crippen molar-refractivity contribution in [3.8, 4) is 0 Å². The van der Waals surface area contributed by atoms with E-state index in [1.54, 1.807) is 0 Å². The minimum atomic E-state index is -0.784. The third kappa shape index (κ3) is 68.2. The van der Waals surface area contributed by atoms with Crippen molar-refractivity contribution in [1.29, 1.82) is 0 Å². The summed E-state index contributed by atoms with van der Waals surface area (Å²) in [5.41, 5.74) is 0. The summed E-state index contributed by atoms with van der Waals surface area (Å²) in [6.45, 7) is 6.68. The molecule has 0 rings (SSSR count). The van der Waals surface area contributed by atoms with Gasteiger partial charge in [0.05, 0.1) is 0 Å². The highest BCUT2D eigenvalue weighted by atomic mass is 16.6. The molecule has 0 N–H and O–H groups in total. The summed E-state index contributed by atoms with van der Waals surface area (Å²) in [5.74, 6) is -0.872. The third-order valence-electron chi connectivity index (χ3n) is 16.6. The molecule has 480 valence electrons. The molecule has 0 aliphatic heterocycles. The molecule has 1 atom stereocenters. The maximum absolute atomic E-state index is 13.0. The number of carbonyl (C=O) groups is 3. The second-order valence-corrected chi connectivity index (χ2v) is 24.9. The van der Waals surface area contributed by atoms with E-state index in [0.29, 0.717) is 19.3 Å². The van der Waals surface area contributed by atoms with Crippen molar-refractivity contribution in [2.75, 3.05) is 13.2 Å². The van der Waals surface area contributed by atoms with Gasteiger partial charge in [0.25, 0.3) is 0 Å². The van der Waals surface area contributed by atoms with Crippen LogP contribution in [-0.2, 0) is 28.6 Å². The van der Waals surface area contributed by atoms with Crippen LogP contribution in [0.3, 0.4) is 0 Å². The van der Waals surface area contributed by atoms with Gasteiger partial charge in [-0.25, -0.2) is 0 Å². The number of allylic oxidation sites excluding steroid dienone is 8. The SMILES string of the molecule is CCCCCCC/C=C\C/C=C\C/C=C\CCCCCCCCC(=O)OC(COC(=O)CCCCCCC/C=C\CCCCCCCC)COC(=O)CCCCCCCCCCCCCCCCCCCCCCCCCCCCCC. The van der Waals surface area contributed by atoms with Gasteiger partial charge in [-0.2, -0.15) is 0 Å². The molecular weight excluding hydrogens is 1010 g/mol. The predicted octanol–water partition coefficient (Wildman–Crippen LogP) is 25.3. The second-order valence-electron chi connectivity index (χ2n) is 24.9. The maximum atomic E-state index is 13.0. The van der Waals surface area contributed by atoms with Crippen molar-refractivity contribution in [2.24, 2.45) is 0 Å². The number of carbonyl (C=O) groups excluding carboxylic acids is 3. The van der Waals surface area contributed by atoms with E-state index in [1.165, 1.54) is 276 Å². The van der Waals surface area contributed by atoms with Gasteiger partial charge < -0.3 is 14.2 Å². The number of rotatable bonds is 68. The molecule has 0 aliphatic carbocycles. The largest absolute Gasteiger partial charge is 0.462 e. The fourth-order valence-electron chi connectivity index (χ4n) is 11.0. The molecular formula is C76H140O6. The first-order valence-corrected chi connectivity index (χ1v) is 36.6. The van der Waals surface area contributed by atoms with Crippen LogP contribution in [-0.4, -0.2) is 37.2 Å². The van der Waals surface area contributed by atoms with Gasteiger partial charge in [0.2, 0.25) is 0 Å². The molecule has 0 radical (unpaired) electrons. The van der Waals surface area contributed by atoms with Crippen LogP contribution in [0.5, 0.6) is 0 Å². The van der Waals surface area contributed by atoms with E-state index in [4.69, 9.17) is 14.2 Å². The lowest BCUT2D eigenvalue weighted by molar-refractivity contribution is -0.167. The monoisotopic (exact) mass is 1150 g/mol. The normalized spacial score (nSPS) is 12.3. The fourth-order valence-corrected chi connectivity index (χ4v) is 11.0. The first-order valence-electron chi connectivity index (χ1n) is 36.6. The molecule has 0 aliphatic rings. The summed E-state index contributed by atoms with van der Waals surface area (Å²) in [5, 5.41) is 0. The third-order valence-corrected chi connectivity index (χ3v) is 16.6. The van der Waals surface area contributed by atoms with Gasteiger partial charge >= 0.3 is 17.9 Å². The molecule has 6 nitrogen and oxygen atoms in total. The van der Waals surface area contributed by atoms with E-state index < -0.39 is 6.10 Å². The Morgan fingerprint density at radius 1 is 0.244 bits per heavy atom. The maximum Gasteiger partial charge on any atom is 0.306 e. The molecule has 0 aromatic heterocycles. The zero-order chi connectivity index (χ0) is 59.2. The topological polar surface area (TPSA) is 78.9 Å². The zero-order valence-electron chi connectivity index (χ0n) is 55.3. The average Bonchev–Trinajstić information content (AvgIpc) is 3.47. The highest BCUT2D eigenvalue weighted by molar-refractivity contribution is 5.71. The standard InChI is InChI=1S/C76H140O6/c1-4-7-10-13-16-19-22-25-28-30-32-34-35-36-37-38-39-40-42-43-45-48-51-54-57-60-63-66-69-75(78)81-72-73(71-80-74(77)68-65-62-59-56-53-50-47-27-24-21-18-15-12-9-6-3)82-76(79)70-67-64-61-58-55-52-49-46-44-41-33-31-29-26-23-20-17-14-11-8-5-2/h23,26-27,31,33,44,46-47,73H,4-22,24-25,28-30,32,34-43,45,48-72H2,1-3H3/b26-23-,33-31-,46-44-,47-27-. The first kappa shape index (κ1) is 79.4. The van der Waals surface area contributed by atoms with Gasteiger partial charge in [-0.1, -0.05) is 345 Å². The van der Waals surface area contributed by atoms with Crippen molar-refractivity contribution < 1.29 is 28.6 Å². The summed E-state index contributed by atoms with van der Waals surface area (Å²) in [6, 6.07) is 0. The van der Waals surface area contributed by atoms with Crippen LogP contribution >= 0.6 is 0 Å². The van der Waals surface area contributed by atoms with Crippen LogP contribution < -0.4 is 0 Å². The summed E-state index contributed by atoms with van der Waals surface area (Å²) in [4.78, 5) is 38.5. The van der Waals surface area contributed by atoms with Gasteiger partial charge in [-0.3, -0.25) is 14.4 Å². The van der Waals surface area contributed by atoms with E-state index in [0.717, 1.165) is 83.5 Å². The summed E-state index contributed by atoms with van der Waals surface area (Å²) in [6.07, 6.45) is 90.1. The Labute approximate surface area is 511 Å². The average molecular weight is 1150 g/mol. The number of esters is 3. The Balaban J connectivity index is 4.26. The van der Waals surface area contributed by atoms with E-state index in [9.17, 15) is 14.4 Å². The Morgan fingerprint density at radius 3 is 0.695 bits per heavy atom. The van der Waals surface area contributed by atoms with Gasteiger partial charge in [0, 0.05) is 19.3 Å². The van der Waals surface area contributed by atoms with Crippen molar-refractivity contribution in [3.05, 3.63) is 48.6 Å². The van der Waals surface area contributed by atoms with Crippen LogP contribution in [0, 0.1) is 0 Å². The molecule has 6 heteroatoms. The lowest BCUT2D eigenvalue weighted by Gasteiger charge is -2.18. The molecule has 0 heterocycles. The van der Waals surface area contributed by atoms with Crippen molar-refractivity contribution in [3.63, 3.8) is 0 Å². The van der Waals surface area contributed by atoms with E-state index >= 15 is 0 Å². The Bertz CT molecular complexity index is 1410. The van der Waals surface area contributed by atoms with Crippen LogP contribution in [0.15, 0.2) is 48.6 Å². The lowest BCUT2D eigenvalue weighted by Crippen LogP contribution is -2.30. The quantitative estimate of drug-likeness (QED) is 0.0261. The Hall–Kier alpha value is -2.63. The predicted molar refractivity (Wildman–Crippen MR) is 358 cm³/mol. The van der Waals surface area contributed by atoms with Gasteiger partial charge in [-0.15, -0.1) is 0 Å². The summed E-state index contributed by atoms with van der Waals surface area (Å²) >= 11 is 0. The molecule has 0 fully saturated rings. The molecule has 0 saturated heterocycles. The molecule has 0 aromatic rings. The minimum absolute atomic E-state index is 0.0772. The van der Waals surface area contributed by atoms with E-state index in [-0.39, 0.29) is 31.1 Å². The molecule has 82 heavy (non-hydrogen) atoms. The van der Waals surface area contributed by atoms with Crippen molar-refractivity contribution in [2.45, 2.75) is 406 Å². The molecule has 1 unspecified atom stereocenters. The van der Waals surface area contributed by atoms with Gasteiger partial charge in [-0.05, 0) is 83.5 Å². The first-order chi connectivity index (χ1) is 40.5. The molecule has 0 bridgehead atoms. The van der Waals surface area contributed by atoms with Crippen molar-refractivity contribution in [1.82, 2.24) is 0 Å². The highest BCUT2D eigenvalue weighted by Crippen LogP contribution is 2.18. The van der Waals surface area contributed by atoms with Crippen LogP contribution in [0.2, 0.25) is 0 Å². The van der Waals surface area contributed by atoms with Gasteiger partial charge in [0.1, 0.15) is 13.2 Å². The van der Waals surface area contributed by atoms with Crippen molar-refractivity contribution >= 4 is 17.9 Å². The number of hydrogen-bond donors (Lipinski definition) is 0. The molecule has 0 aromatic carbocycles. The summed E-state index contributed by atoms with van der Waals surface area (Å²) < 4.78 is 17.0. The van der Waals surface area contributed by atoms with Crippen LogP contribution in [0.4, 0.5) is 0 Å². The second kappa shape index (κ2) is 70.9. The van der Waals surface area contributed by atoms with Gasteiger partial charge in [0.15, 0.2) is 6.10 Å². The summed E-state index contributed by atoms with van der Waals surface area (Å²) in [7, 11) is 0.